The molecule has 0 bridgehead atoms. The lowest BCUT2D eigenvalue weighted by atomic mass is 10.0. The molecule has 2 rings (SSSR count). The number of benzene rings is 1. The third-order valence-corrected chi connectivity index (χ3v) is 3.14. The van der Waals surface area contributed by atoms with Crippen LogP contribution in [0.2, 0.25) is 0 Å². The van der Waals surface area contributed by atoms with E-state index < -0.39 is 0 Å². The van der Waals surface area contributed by atoms with E-state index in [2.05, 4.69) is 17.6 Å². The van der Waals surface area contributed by atoms with Crippen LogP contribution in [0.1, 0.15) is 31.4 Å². The first-order valence-corrected chi connectivity index (χ1v) is 5.97. The van der Waals surface area contributed by atoms with Crippen LogP contribution in [0.25, 0.3) is 0 Å². The Bertz CT molecular complexity index is 379. The van der Waals surface area contributed by atoms with E-state index in [0.717, 1.165) is 12.0 Å². The molecule has 92 valence electrons. The maximum Gasteiger partial charge on any atom is 0.220 e. The number of hydrogen-bond acceptors (Lipinski definition) is 3. The zero-order valence-corrected chi connectivity index (χ0v) is 9.94. The van der Waals surface area contributed by atoms with Gasteiger partial charge in [0.05, 0.1) is 0 Å². The molecule has 1 aliphatic rings. The largest absolute Gasteiger partial charge is 0.508 e. The molecule has 1 saturated heterocycles. The van der Waals surface area contributed by atoms with Gasteiger partial charge in [0.25, 0.3) is 0 Å². The van der Waals surface area contributed by atoms with E-state index in [4.69, 9.17) is 0 Å². The normalized spacial score (nSPS) is 21.9. The van der Waals surface area contributed by atoms with Gasteiger partial charge in [-0.15, -0.1) is 0 Å². The molecule has 0 aromatic heterocycles. The number of hydrogen-bond donors (Lipinski definition) is 3. The van der Waals surface area contributed by atoms with Crippen LogP contribution in [0.5, 0.6) is 5.75 Å². The van der Waals surface area contributed by atoms with Crippen LogP contribution < -0.4 is 10.6 Å². The molecule has 1 aromatic carbocycles. The van der Waals surface area contributed by atoms with Gasteiger partial charge < -0.3 is 15.7 Å². The van der Waals surface area contributed by atoms with Gasteiger partial charge in [-0.3, -0.25) is 4.79 Å². The highest BCUT2D eigenvalue weighted by Gasteiger charge is 2.19. The van der Waals surface area contributed by atoms with Gasteiger partial charge in [-0.1, -0.05) is 12.1 Å². The van der Waals surface area contributed by atoms with Crippen LogP contribution in [0.15, 0.2) is 24.3 Å². The first-order chi connectivity index (χ1) is 8.15. The van der Waals surface area contributed by atoms with Crippen LogP contribution in [-0.4, -0.2) is 23.6 Å². The summed E-state index contributed by atoms with van der Waals surface area (Å²) in [6, 6.07) is 7.75. The molecule has 2 atom stereocenters. The Balaban J connectivity index is 1.90. The Labute approximate surface area is 101 Å². The van der Waals surface area contributed by atoms with E-state index in [1.807, 2.05) is 12.1 Å². The first-order valence-electron chi connectivity index (χ1n) is 5.97. The smallest absolute Gasteiger partial charge is 0.220 e. The fraction of sp³-hybridized carbons (Fsp3) is 0.462. The SMILES string of the molecule is CC(NC1CCC(=O)NC1)c1ccc(O)cc1. The quantitative estimate of drug-likeness (QED) is 0.739. The Kier molecular flexibility index (Phi) is 3.64. The monoisotopic (exact) mass is 234 g/mol. The summed E-state index contributed by atoms with van der Waals surface area (Å²) in [6.45, 7) is 2.78. The number of amides is 1. The summed E-state index contributed by atoms with van der Waals surface area (Å²) in [5, 5.41) is 15.6. The average molecular weight is 234 g/mol. The van der Waals surface area contributed by atoms with Gasteiger partial charge in [-0.2, -0.15) is 0 Å². The minimum Gasteiger partial charge on any atom is -0.508 e. The van der Waals surface area contributed by atoms with Gasteiger partial charge in [0.1, 0.15) is 5.75 Å². The number of rotatable bonds is 3. The van der Waals surface area contributed by atoms with Crippen molar-refractivity contribution >= 4 is 5.91 Å². The van der Waals surface area contributed by atoms with Crippen molar-refractivity contribution in [2.75, 3.05) is 6.54 Å². The fourth-order valence-electron chi connectivity index (χ4n) is 2.09. The average Bonchev–Trinajstić information content (AvgIpc) is 2.33. The summed E-state index contributed by atoms with van der Waals surface area (Å²) < 4.78 is 0. The van der Waals surface area contributed by atoms with Gasteiger partial charge in [0, 0.05) is 25.0 Å². The highest BCUT2D eigenvalue weighted by atomic mass is 16.3. The summed E-state index contributed by atoms with van der Waals surface area (Å²) in [5.74, 6) is 0.422. The van der Waals surface area contributed by atoms with Crippen LogP contribution >= 0.6 is 0 Å². The lowest BCUT2D eigenvalue weighted by molar-refractivity contribution is -0.122. The molecule has 1 amide bonds. The summed E-state index contributed by atoms with van der Waals surface area (Å²) in [7, 11) is 0. The van der Waals surface area contributed by atoms with Crippen molar-refractivity contribution in [3.63, 3.8) is 0 Å². The minimum atomic E-state index is 0.139. The Hall–Kier alpha value is -1.55. The van der Waals surface area contributed by atoms with Crippen molar-refractivity contribution < 1.29 is 9.90 Å². The van der Waals surface area contributed by atoms with Gasteiger partial charge >= 0.3 is 0 Å². The fourth-order valence-corrected chi connectivity index (χ4v) is 2.09. The summed E-state index contributed by atoms with van der Waals surface area (Å²) in [5.41, 5.74) is 1.14. The van der Waals surface area contributed by atoms with Crippen LogP contribution in [0.3, 0.4) is 0 Å². The molecular formula is C13H18N2O2. The van der Waals surface area contributed by atoms with E-state index in [0.29, 0.717) is 19.0 Å². The molecule has 1 fully saturated rings. The summed E-state index contributed by atoms with van der Waals surface area (Å²) >= 11 is 0. The molecule has 0 radical (unpaired) electrons. The number of aromatic hydroxyl groups is 1. The van der Waals surface area contributed by atoms with E-state index in [-0.39, 0.29) is 17.7 Å². The molecule has 3 N–H and O–H groups in total. The predicted molar refractivity (Wildman–Crippen MR) is 65.7 cm³/mol. The molecule has 0 aliphatic carbocycles. The highest BCUT2D eigenvalue weighted by Crippen LogP contribution is 2.18. The zero-order chi connectivity index (χ0) is 12.3. The second-order valence-electron chi connectivity index (χ2n) is 4.52. The maximum atomic E-state index is 11.0. The molecule has 2 unspecified atom stereocenters. The molecule has 4 nitrogen and oxygen atoms in total. The van der Waals surface area contributed by atoms with Crippen molar-refractivity contribution in [3.05, 3.63) is 29.8 Å². The van der Waals surface area contributed by atoms with Gasteiger partial charge in [0.2, 0.25) is 5.91 Å². The van der Waals surface area contributed by atoms with Crippen LogP contribution in [0, 0.1) is 0 Å². The van der Waals surface area contributed by atoms with Gasteiger partial charge in [0.15, 0.2) is 0 Å². The molecule has 1 aromatic rings. The third-order valence-electron chi connectivity index (χ3n) is 3.14. The summed E-state index contributed by atoms with van der Waals surface area (Å²) in [6.07, 6.45) is 1.48. The third kappa shape index (κ3) is 3.20. The van der Waals surface area contributed by atoms with Crippen LogP contribution in [0.4, 0.5) is 0 Å². The lowest BCUT2D eigenvalue weighted by Gasteiger charge is -2.27. The molecule has 1 heterocycles. The molecule has 0 spiro atoms. The van der Waals surface area contributed by atoms with Crippen molar-refractivity contribution in [3.8, 4) is 5.75 Å². The van der Waals surface area contributed by atoms with Gasteiger partial charge in [-0.25, -0.2) is 0 Å². The second kappa shape index (κ2) is 5.19. The van der Waals surface area contributed by atoms with Crippen molar-refractivity contribution in [1.82, 2.24) is 10.6 Å². The van der Waals surface area contributed by atoms with Gasteiger partial charge in [-0.05, 0) is 31.0 Å². The van der Waals surface area contributed by atoms with E-state index in [1.165, 1.54) is 0 Å². The first kappa shape index (κ1) is 11.9. The van der Waals surface area contributed by atoms with E-state index in [9.17, 15) is 9.90 Å². The van der Waals surface area contributed by atoms with Crippen LogP contribution in [-0.2, 0) is 4.79 Å². The van der Waals surface area contributed by atoms with E-state index >= 15 is 0 Å². The standard InChI is InChI=1S/C13H18N2O2/c1-9(10-2-5-12(16)6-3-10)15-11-4-7-13(17)14-8-11/h2-3,5-6,9,11,15-16H,4,7-8H2,1H3,(H,14,17). The Morgan fingerprint density at radius 1 is 1.41 bits per heavy atom. The molecule has 1 aliphatic heterocycles. The second-order valence-corrected chi connectivity index (χ2v) is 4.52. The Morgan fingerprint density at radius 2 is 2.12 bits per heavy atom. The molecule has 4 heteroatoms. The highest BCUT2D eigenvalue weighted by molar-refractivity contribution is 5.76. The lowest BCUT2D eigenvalue weighted by Crippen LogP contribution is -2.46. The molecule has 17 heavy (non-hydrogen) atoms. The zero-order valence-electron chi connectivity index (χ0n) is 9.94. The number of piperidine rings is 1. The predicted octanol–water partition coefficient (Wildman–Crippen LogP) is 1.32. The van der Waals surface area contributed by atoms with Crippen molar-refractivity contribution in [1.29, 1.82) is 0 Å². The maximum absolute atomic E-state index is 11.0. The van der Waals surface area contributed by atoms with E-state index in [1.54, 1.807) is 12.1 Å². The number of phenolic OH excluding ortho intramolecular Hbond substituents is 1. The summed E-state index contributed by atoms with van der Waals surface area (Å²) in [4.78, 5) is 11.0. The number of carbonyl (C=O) groups excluding carboxylic acids is 1. The topological polar surface area (TPSA) is 61.4 Å². The number of nitrogens with one attached hydrogen (secondary N) is 2. The van der Waals surface area contributed by atoms with Crippen molar-refractivity contribution in [2.45, 2.75) is 31.8 Å². The Morgan fingerprint density at radius 3 is 2.71 bits per heavy atom. The minimum absolute atomic E-state index is 0.139. The number of carbonyl (C=O) groups is 1. The molecular weight excluding hydrogens is 216 g/mol. The van der Waals surface area contributed by atoms with Crippen molar-refractivity contribution in [2.24, 2.45) is 0 Å². The molecule has 0 saturated carbocycles. The number of phenols is 1.